The number of ether oxygens (including phenoxy) is 1. The molecule has 2 atom stereocenters. The molecule has 0 N–H and O–H groups in total. The molecule has 0 amide bonds. The van der Waals surface area contributed by atoms with E-state index in [1.54, 1.807) is 0 Å². The van der Waals surface area contributed by atoms with Crippen LogP contribution in [0.1, 0.15) is 0 Å². The van der Waals surface area contributed by atoms with Crippen LogP contribution in [0.4, 0.5) is 0 Å². The molecule has 15 heavy (non-hydrogen) atoms. The van der Waals surface area contributed by atoms with E-state index in [4.69, 9.17) is 16.3 Å². The minimum Gasteiger partial charge on any atom is -0.353 e. The van der Waals surface area contributed by atoms with Gasteiger partial charge in [0.05, 0.1) is 11.0 Å². The minimum atomic E-state index is -1.66. The molecule has 7 nitrogen and oxygen atoms in total. The van der Waals surface area contributed by atoms with Crippen molar-refractivity contribution < 1.29 is 14.6 Å². The Morgan fingerprint density at radius 1 is 1.53 bits per heavy atom. The smallest absolute Gasteiger partial charge is 0.284 e. The topological polar surface area (TPSA) is 95.5 Å². The van der Waals surface area contributed by atoms with Gasteiger partial charge in [0.25, 0.3) is 11.7 Å². The van der Waals surface area contributed by atoms with Crippen molar-refractivity contribution in [2.45, 2.75) is 11.1 Å². The van der Waals surface area contributed by atoms with Gasteiger partial charge in [-0.2, -0.15) is 0 Å². The van der Waals surface area contributed by atoms with Gasteiger partial charge in [0.15, 0.2) is 0 Å². The van der Waals surface area contributed by atoms with Crippen molar-refractivity contribution >= 4 is 11.6 Å². The Morgan fingerprint density at radius 2 is 2.13 bits per heavy atom. The molecule has 0 bridgehead atoms. The summed E-state index contributed by atoms with van der Waals surface area (Å²) in [4.78, 5) is 19.6. The highest BCUT2D eigenvalue weighted by Gasteiger charge is 2.46. The van der Waals surface area contributed by atoms with E-state index in [1.165, 1.54) is 7.11 Å². The highest BCUT2D eigenvalue weighted by Crippen LogP contribution is 2.30. The Bertz CT molecular complexity index is 366. The summed E-state index contributed by atoms with van der Waals surface area (Å²) in [5, 5.41) is 19.4. The van der Waals surface area contributed by atoms with Crippen molar-refractivity contribution in [1.82, 2.24) is 0 Å². The fourth-order valence-electron chi connectivity index (χ4n) is 1.14. The Kier molecular flexibility index (Phi) is 3.06. The lowest BCUT2D eigenvalue weighted by Crippen LogP contribution is -2.43. The lowest BCUT2D eigenvalue weighted by Gasteiger charge is -2.24. The third kappa shape index (κ3) is 2.13. The Balaban J connectivity index is 3.10. The predicted octanol–water partition coefficient (Wildman–Crippen LogP) is 0.944. The number of halogens is 1. The zero-order chi connectivity index (χ0) is 11.6. The quantitative estimate of drug-likeness (QED) is 0.411. The van der Waals surface area contributed by atoms with Gasteiger partial charge in [0.2, 0.25) is 5.06 Å². The molecule has 0 heterocycles. The molecule has 0 aromatic heterocycles. The molecule has 82 valence electrons. The normalized spacial score (nSPS) is 29.7. The summed E-state index contributed by atoms with van der Waals surface area (Å²) in [6.07, 6.45) is 3.03. The Hall–Kier alpha value is -1.47. The van der Waals surface area contributed by atoms with Gasteiger partial charge in [-0.1, -0.05) is 11.6 Å². The minimum absolute atomic E-state index is 0.370. The molecule has 0 aliphatic heterocycles. The number of nitrogens with zero attached hydrogens (tertiary/aromatic N) is 2. The molecule has 1 aliphatic carbocycles. The van der Waals surface area contributed by atoms with Gasteiger partial charge in [-0.25, -0.2) is 0 Å². The van der Waals surface area contributed by atoms with Crippen LogP contribution in [0.25, 0.3) is 0 Å². The van der Waals surface area contributed by atoms with Crippen molar-refractivity contribution in [3.63, 3.8) is 0 Å². The summed E-state index contributed by atoms with van der Waals surface area (Å²) >= 11 is 5.77. The van der Waals surface area contributed by atoms with E-state index in [9.17, 15) is 20.2 Å². The molecule has 2 unspecified atom stereocenters. The number of rotatable bonds is 3. The first-order valence-corrected chi connectivity index (χ1v) is 4.21. The third-order valence-electron chi connectivity index (χ3n) is 1.96. The SMILES string of the molecule is COC1(Cl)C=CC([N+](=O)[O-])=CC1[N+](=O)[O-]. The van der Waals surface area contributed by atoms with Crippen molar-refractivity contribution in [3.8, 4) is 0 Å². The molecule has 0 spiro atoms. The van der Waals surface area contributed by atoms with Crippen molar-refractivity contribution in [1.29, 1.82) is 0 Å². The van der Waals surface area contributed by atoms with Crippen LogP contribution >= 0.6 is 11.6 Å². The second-order valence-electron chi connectivity index (χ2n) is 2.81. The van der Waals surface area contributed by atoms with E-state index in [2.05, 4.69) is 0 Å². The number of allylic oxidation sites excluding steroid dienone is 1. The molecular weight excluding hydrogens is 228 g/mol. The van der Waals surface area contributed by atoms with E-state index in [1.807, 2.05) is 0 Å². The number of nitro groups is 2. The first kappa shape index (κ1) is 11.6. The third-order valence-corrected chi connectivity index (χ3v) is 2.47. The highest BCUT2D eigenvalue weighted by molar-refractivity contribution is 6.25. The molecular formula is C7H7ClN2O5. The van der Waals surface area contributed by atoms with E-state index in [0.717, 1.165) is 18.2 Å². The van der Waals surface area contributed by atoms with E-state index in [0.29, 0.717) is 0 Å². The monoisotopic (exact) mass is 234 g/mol. The summed E-state index contributed by atoms with van der Waals surface area (Å²) in [6.45, 7) is 0. The molecule has 0 aromatic rings. The van der Waals surface area contributed by atoms with Crippen LogP contribution in [0.3, 0.4) is 0 Å². The molecule has 0 aromatic carbocycles. The Morgan fingerprint density at radius 3 is 2.53 bits per heavy atom. The summed E-state index contributed by atoms with van der Waals surface area (Å²) in [5.41, 5.74) is -0.370. The zero-order valence-corrected chi connectivity index (χ0v) is 8.38. The maximum absolute atomic E-state index is 10.6. The lowest BCUT2D eigenvalue weighted by molar-refractivity contribution is -0.525. The maximum Gasteiger partial charge on any atom is 0.284 e. The zero-order valence-electron chi connectivity index (χ0n) is 7.62. The van der Waals surface area contributed by atoms with Gasteiger partial charge >= 0.3 is 0 Å². The average Bonchev–Trinajstić information content (AvgIpc) is 2.17. The van der Waals surface area contributed by atoms with Gasteiger partial charge in [-0.15, -0.1) is 0 Å². The summed E-state index contributed by atoms with van der Waals surface area (Å²) in [5.74, 6) is 0. The number of hydrogen-bond donors (Lipinski definition) is 0. The lowest BCUT2D eigenvalue weighted by atomic mass is 10.0. The van der Waals surface area contributed by atoms with Crippen molar-refractivity contribution in [2.24, 2.45) is 0 Å². The average molecular weight is 235 g/mol. The number of hydrogen-bond acceptors (Lipinski definition) is 5. The summed E-state index contributed by atoms with van der Waals surface area (Å²) in [7, 11) is 1.19. The first-order chi connectivity index (χ1) is 6.90. The van der Waals surface area contributed by atoms with Crippen LogP contribution in [0.5, 0.6) is 0 Å². The van der Waals surface area contributed by atoms with Gasteiger partial charge in [-0.05, 0) is 6.08 Å². The maximum atomic E-state index is 10.6. The van der Waals surface area contributed by atoms with Crippen LogP contribution < -0.4 is 0 Å². The first-order valence-electron chi connectivity index (χ1n) is 3.83. The predicted molar refractivity (Wildman–Crippen MR) is 50.6 cm³/mol. The van der Waals surface area contributed by atoms with Gasteiger partial charge in [-0.3, -0.25) is 20.2 Å². The molecule has 0 radical (unpaired) electrons. The summed E-state index contributed by atoms with van der Waals surface area (Å²) < 4.78 is 4.75. The van der Waals surface area contributed by atoms with E-state index < -0.39 is 20.9 Å². The Labute approximate surface area is 89.3 Å². The van der Waals surface area contributed by atoms with Gasteiger partial charge in [0, 0.05) is 18.1 Å². The summed E-state index contributed by atoms with van der Waals surface area (Å²) in [6, 6.07) is -1.48. The number of alkyl halides is 1. The fraction of sp³-hybridized carbons (Fsp3) is 0.429. The van der Waals surface area contributed by atoms with Crippen molar-refractivity contribution in [2.75, 3.05) is 7.11 Å². The van der Waals surface area contributed by atoms with E-state index >= 15 is 0 Å². The number of methoxy groups -OCH3 is 1. The highest BCUT2D eigenvalue weighted by atomic mass is 35.5. The standard InChI is InChI=1S/C7H7ClN2O5/c1-15-7(8)3-2-5(9(11)12)4-6(7)10(13)14/h2-4,6H,1H3. The van der Waals surface area contributed by atoms with Crippen LogP contribution in [0.15, 0.2) is 23.9 Å². The largest absolute Gasteiger partial charge is 0.353 e. The van der Waals surface area contributed by atoms with Crippen LogP contribution in [-0.2, 0) is 4.74 Å². The molecule has 0 saturated heterocycles. The van der Waals surface area contributed by atoms with Crippen LogP contribution in [0, 0.1) is 20.2 Å². The van der Waals surface area contributed by atoms with E-state index in [-0.39, 0.29) is 5.70 Å². The molecule has 0 saturated carbocycles. The van der Waals surface area contributed by atoms with Crippen molar-refractivity contribution in [3.05, 3.63) is 44.2 Å². The molecule has 1 aliphatic rings. The second-order valence-corrected chi connectivity index (χ2v) is 3.40. The van der Waals surface area contributed by atoms with Crippen LogP contribution in [-0.4, -0.2) is 28.1 Å². The fourth-order valence-corrected chi connectivity index (χ4v) is 1.35. The molecule has 1 rings (SSSR count). The second kappa shape index (κ2) is 3.95. The molecule has 8 heteroatoms. The van der Waals surface area contributed by atoms with Crippen LogP contribution in [0.2, 0.25) is 0 Å². The van der Waals surface area contributed by atoms with Gasteiger partial charge < -0.3 is 4.74 Å². The molecule has 0 fully saturated rings. The van der Waals surface area contributed by atoms with Gasteiger partial charge in [0.1, 0.15) is 0 Å².